The first-order valence-electron chi connectivity index (χ1n) is 5.68. The van der Waals surface area contributed by atoms with Crippen molar-refractivity contribution in [2.75, 3.05) is 14.1 Å². The summed E-state index contributed by atoms with van der Waals surface area (Å²) in [7, 11) is 3.00. The minimum Gasteiger partial charge on any atom is -0.333 e. The second-order valence-electron chi connectivity index (χ2n) is 3.15. The molecule has 0 aliphatic carbocycles. The topological polar surface area (TPSA) is 52.0 Å². The molecule has 0 saturated carbocycles. The normalized spacial score (nSPS) is 8.24. The van der Waals surface area contributed by atoms with Gasteiger partial charge in [0.25, 0.3) is 0 Å². The van der Waals surface area contributed by atoms with Crippen LogP contribution in [0, 0.1) is 0 Å². The molecule has 2 nitrogen and oxygen atoms in total. The van der Waals surface area contributed by atoms with Gasteiger partial charge >= 0.3 is 0 Å². The van der Waals surface area contributed by atoms with E-state index in [0.29, 0.717) is 0 Å². The van der Waals surface area contributed by atoms with Crippen LogP contribution in [0.1, 0.15) is 11.1 Å². The van der Waals surface area contributed by atoms with Crippen molar-refractivity contribution < 1.29 is 0 Å². The molecule has 0 amide bonds. The first-order chi connectivity index (χ1) is 8.45. The molecular weight excluding hydrogens is 208 g/mol. The molecule has 2 aromatic carbocycles. The molecule has 0 unspecified atom stereocenters. The number of benzene rings is 2. The molecule has 2 rings (SSSR count). The van der Waals surface area contributed by atoms with Crippen LogP contribution in [0.3, 0.4) is 0 Å². The van der Waals surface area contributed by atoms with Gasteiger partial charge in [-0.15, -0.1) is 0 Å². The summed E-state index contributed by atoms with van der Waals surface area (Å²) < 4.78 is 0. The van der Waals surface area contributed by atoms with Crippen LogP contribution in [-0.2, 0) is 6.42 Å². The highest BCUT2D eigenvalue weighted by molar-refractivity contribution is 5.25. The van der Waals surface area contributed by atoms with Crippen LogP contribution in [0.5, 0.6) is 0 Å². The molecule has 92 valence electrons. The van der Waals surface area contributed by atoms with Crippen LogP contribution in [0.4, 0.5) is 0 Å². The van der Waals surface area contributed by atoms with Crippen molar-refractivity contribution in [2.24, 2.45) is 11.5 Å². The third-order valence-electron chi connectivity index (χ3n) is 2.09. The molecular formula is C15H22N2. The molecule has 0 saturated heterocycles. The van der Waals surface area contributed by atoms with E-state index in [2.05, 4.69) is 72.1 Å². The second kappa shape index (κ2) is 10.9. The molecule has 0 aliphatic rings. The lowest BCUT2D eigenvalue weighted by Gasteiger charge is -2.00. The predicted octanol–water partition coefficient (Wildman–Crippen LogP) is 2.43. The Bertz CT molecular complexity index is 320. The van der Waals surface area contributed by atoms with Crippen LogP contribution in [0.15, 0.2) is 60.7 Å². The fourth-order valence-electron chi connectivity index (χ4n) is 1.43. The summed E-state index contributed by atoms with van der Waals surface area (Å²) in [5.41, 5.74) is 11.7. The average molecular weight is 230 g/mol. The van der Waals surface area contributed by atoms with Crippen LogP contribution in [0.2, 0.25) is 0 Å². The zero-order chi connectivity index (χ0) is 12.9. The molecule has 17 heavy (non-hydrogen) atoms. The number of hydrogen-bond donors (Lipinski definition) is 2. The Morgan fingerprint density at radius 2 is 0.882 bits per heavy atom. The summed E-state index contributed by atoms with van der Waals surface area (Å²) in [4.78, 5) is 0. The van der Waals surface area contributed by atoms with Crippen molar-refractivity contribution in [1.29, 1.82) is 0 Å². The lowest BCUT2D eigenvalue weighted by atomic mass is 10.1. The van der Waals surface area contributed by atoms with Crippen molar-refractivity contribution in [1.82, 2.24) is 0 Å². The SMILES string of the molecule is CN.CN.c1ccc(Cc2ccccc2)cc1. The molecule has 0 atom stereocenters. The Labute approximate surface area is 104 Å². The lowest BCUT2D eigenvalue weighted by Crippen LogP contribution is -1.85. The standard InChI is InChI=1S/C13H12.2CH5N/c1-3-7-12(8-4-1)11-13-9-5-2-6-10-13;2*1-2/h1-10H,11H2;2*2H2,1H3. The molecule has 0 spiro atoms. The minimum atomic E-state index is 1.03. The van der Waals surface area contributed by atoms with Gasteiger partial charge in [-0.2, -0.15) is 0 Å². The zero-order valence-electron chi connectivity index (χ0n) is 10.6. The Hall–Kier alpha value is -1.64. The van der Waals surface area contributed by atoms with Gasteiger partial charge < -0.3 is 11.5 Å². The molecule has 0 radical (unpaired) electrons. The van der Waals surface area contributed by atoms with Gasteiger partial charge in [0.1, 0.15) is 0 Å². The number of rotatable bonds is 2. The average Bonchev–Trinajstić information content (AvgIpc) is 2.45. The molecule has 0 fully saturated rings. The summed E-state index contributed by atoms with van der Waals surface area (Å²) in [6, 6.07) is 21.1. The quantitative estimate of drug-likeness (QED) is 0.832. The second-order valence-corrected chi connectivity index (χ2v) is 3.15. The van der Waals surface area contributed by atoms with Crippen LogP contribution < -0.4 is 11.5 Å². The van der Waals surface area contributed by atoms with E-state index < -0.39 is 0 Å². The Morgan fingerprint density at radius 3 is 1.18 bits per heavy atom. The summed E-state index contributed by atoms with van der Waals surface area (Å²) in [6.07, 6.45) is 1.03. The highest BCUT2D eigenvalue weighted by Gasteiger charge is 1.92. The smallest absolute Gasteiger partial charge is 0.00258 e. The first kappa shape index (κ1) is 15.4. The Kier molecular flexibility index (Phi) is 9.82. The van der Waals surface area contributed by atoms with Crippen molar-refractivity contribution in [3.8, 4) is 0 Å². The van der Waals surface area contributed by atoms with Crippen LogP contribution in [-0.4, -0.2) is 14.1 Å². The predicted molar refractivity (Wildman–Crippen MR) is 75.9 cm³/mol. The fraction of sp³-hybridized carbons (Fsp3) is 0.200. The molecule has 0 bridgehead atoms. The summed E-state index contributed by atoms with van der Waals surface area (Å²) in [5, 5.41) is 0. The van der Waals surface area contributed by atoms with Crippen molar-refractivity contribution in [3.63, 3.8) is 0 Å². The minimum absolute atomic E-state index is 1.03. The third-order valence-corrected chi connectivity index (χ3v) is 2.09. The molecule has 2 heteroatoms. The van der Waals surface area contributed by atoms with E-state index in [1.807, 2.05) is 0 Å². The summed E-state index contributed by atoms with van der Waals surface area (Å²) in [6.45, 7) is 0. The van der Waals surface area contributed by atoms with Gasteiger partial charge in [-0.1, -0.05) is 60.7 Å². The molecule has 0 aromatic heterocycles. The van der Waals surface area contributed by atoms with Gasteiger partial charge in [0.2, 0.25) is 0 Å². The fourth-order valence-corrected chi connectivity index (χ4v) is 1.43. The maximum Gasteiger partial charge on any atom is -0.00258 e. The molecule has 4 N–H and O–H groups in total. The van der Waals surface area contributed by atoms with E-state index in [9.17, 15) is 0 Å². The molecule has 0 heterocycles. The maximum absolute atomic E-state index is 4.50. The highest BCUT2D eigenvalue weighted by Crippen LogP contribution is 2.07. The lowest BCUT2D eigenvalue weighted by molar-refractivity contribution is 1.19. The zero-order valence-corrected chi connectivity index (χ0v) is 10.6. The van der Waals surface area contributed by atoms with E-state index in [4.69, 9.17) is 0 Å². The van der Waals surface area contributed by atoms with E-state index >= 15 is 0 Å². The molecule has 2 aromatic rings. The highest BCUT2D eigenvalue weighted by atomic mass is 14.4. The van der Waals surface area contributed by atoms with Gasteiger partial charge in [0.05, 0.1) is 0 Å². The number of hydrogen-bond acceptors (Lipinski definition) is 2. The van der Waals surface area contributed by atoms with Gasteiger partial charge in [-0.25, -0.2) is 0 Å². The van der Waals surface area contributed by atoms with Crippen molar-refractivity contribution in [3.05, 3.63) is 71.8 Å². The van der Waals surface area contributed by atoms with Gasteiger partial charge in [-0.05, 0) is 31.6 Å². The van der Waals surface area contributed by atoms with E-state index in [-0.39, 0.29) is 0 Å². The van der Waals surface area contributed by atoms with Gasteiger partial charge in [0, 0.05) is 0 Å². The van der Waals surface area contributed by atoms with Crippen LogP contribution in [0.25, 0.3) is 0 Å². The largest absolute Gasteiger partial charge is 0.333 e. The Balaban J connectivity index is 0.000000581. The van der Waals surface area contributed by atoms with E-state index in [1.165, 1.54) is 25.2 Å². The van der Waals surface area contributed by atoms with Crippen LogP contribution >= 0.6 is 0 Å². The maximum atomic E-state index is 4.50. The summed E-state index contributed by atoms with van der Waals surface area (Å²) in [5.74, 6) is 0. The number of nitrogens with two attached hydrogens (primary N) is 2. The Morgan fingerprint density at radius 1 is 0.588 bits per heavy atom. The van der Waals surface area contributed by atoms with E-state index in [1.54, 1.807) is 0 Å². The third kappa shape index (κ3) is 6.51. The van der Waals surface area contributed by atoms with Gasteiger partial charge in [-0.3, -0.25) is 0 Å². The van der Waals surface area contributed by atoms with Crippen molar-refractivity contribution in [2.45, 2.75) is 6.42 Å². The van der Waals surface area contributed by atoms with E-state index in [0.717, 1.165) is 6.42 Å². The van der Waals surface area contributed by atoms with Gasteiger partial charge in [0.15, 0.2) is 0 Å². The first-order valence-corrected chi connectivity index (χ1v) is 5.68. The molecule has 0 aliphatic heterocycles. The van der Waals surface area contributed by atoms with Crippen molar-refractivity contribution >= 4 is 0 Å². The summed E-state index contributed by atoms with van der Waals surface area (Å²) >= 11 is 0. The monoisotopic (exact) mass is 230 g/mol.